The molecule has 1 aliphatic carbocycles. The standard InChI is InChI=1S/C20H34N4OS/c1-3-21-19(22-15-20(2)11-5-4-7-17(20)25)23-16-9-12-24(13-10-16)18-8-6-14-26-18/h6,8,14,16-17,25H,3-5,7,9-13,15H2,1-2H3,(H2,21,22,23). The van der Waals surface area contributed by atoms with Crippen molar-refractivity contribution in [3.8, 4) is 0 Å². The molecule has 1 aromatic heterocycles. The Morgan fingerprint density at radius 3 is 2.81 bits per heavy atom. The largest absolute Gasteiger partial charge is 0.392 e. The number of rotatable bonds is 5. The fourth-order valence-electron chi connectivity index (χ4n) is 4.03. The summed E-state index contributed by atoms with van der Waals surface area (Å²) in [6.45, 7) is 8.02. The van der Waals surface area contributed by atoms with Crippen LogP contribution in [-0.2, 0) is 0 Å². The van der Waals surface area contributed by atoms with Crippen LogP contribution in [0.3, 0.4) is 0 Å². The number of nitrogens with zero attached hydrogens (tertiary/aromatic N) is 2. The second-order valence-corrected chi connectivity index (χ2v) is 8.89. The summed E-state index contributed by atoms with van der Waals surface area (Å²) >= 11 is 1.82. The predicted molar refractivity (Wildman–Crippen MR) is 111 cm³/mol. The summed E-state index contributed by atoms with van der Waals surface area (Å²) < 4.78 is 0. The van der Waals surface area contributed by atoms with Crippen LogP contribution in [0, 0.1) is 5.41 Å². The van der Waals surface area contributed by atoms with E-state index in [0.29, 0.717) is 12.6 Å². The van der Waals surface area contributed by atoms with Gasteiger partial charge in [0.2, 0.25) is 0 Å². The second kappa shape index (κ2) is 9.09. The maximum absolute atomic E-state index is 10.4. The Balaban J connectivity index is 1.53. The maximum atomic E-state index is 10.4. The van der Waals surface area contributed by atoms with Crippen molar-refractivity contribution in [2.24, 2.45) is 10.4 Å². The van der Waals surface area contributed by atoms with E-state index in [1.165, 1.54) is 11.4 Å². The first-order valence-electron chi connectivity index (χ1n) is 10.1. The molecule has 3 N–H and O–H groups in total. The SMILES string of the molecule is CCNC(=NCC1(C)CCCCC1O)NC1CCN(c2cccs2)CC1. The third kappa shape index (κ3) is 4.92. The smallest absolute Gasteiger partial charge is 0.191 e. The average Bonchev–Trinajstić information content (AvgIpc) is 3.18. The Morgan fingerprint density at radius 2 is 2.15 bits per heavy atom. The Hall–Kier alpha value is -1.27. The minimum absolute atomic E-state index is 0.0802. The van der Waals surface area contributed by atoms with E-state index in [2.05, 4.69) is 46.9 Å². The normalized spacial score (nSPS) is 28.2. The number of anilines is 1. The van der Waals surface area contributed by atoms with Crippen LogP contribution in [-0.4, -0.2) is 49.4 Å². The molecule has 0 bridgehead atoms. The highest BCUT2D eigenvalue weighted by atomic mass is 32.1. The van der Waals surface area contributed by atoms with Crippen LogP contribution < -0.4 is 15.5 Å². The Kier molecular flexibility index (Phi) is 6.81. The Morgan fingerprint density at radius 1 is 1.35 bits per heavy atom. The molecule has 1 saturated carbocycles. The topological polar surface area (TPSA) is 59.9 Å². The Labute approximate surface area is 161 Å². The van der Waals surface area contributed by atoms with Gasteiger partial charge in [0.1, 0.15) is 0 Å². The summed E-state index contributed by atoms with van der Waals surface area (Å²) in [7, 11) is 0. The summed E-state index contributed by atoms with van der Waals surface area (Å²) in [4.78, 5) is 7.32. The molecule has 0 spiro atoms. The minimum Gasteiger partial charge on any atom is -0.392 e. The van der Waals surface area contributed by atoms with Crippen molar-refractivity contribution in [1.82, 2.24) is 10.6 Å². The van der Waals surface area contributed by atoms with Crippen LogP contribution >= 0.6 is 11.3 Å². The van der Waals surface area contributed by atoms with E-state index in [-0.39, 0.29) is 11.5 Å². The summed E-state index contributed by atoms with van der Waals surface area (Å²) in [5, 5.41) is 20.9. The average molecular weight is 379 g/mol. The molecule has 3 rings (SSSR count). The molecule has 26 heavy (non-hydrogen) atoms. The monoisotopic (exact) mass is 378 g/mol. The van der Waals surface area contributed by atoms with Crippen LogP contribution in [0.25, 0.3) is 0 Å². The summed E-state index contributed by atoms with van der Waals surface area (Å²) in [6, 6.07) is 4.80. The van der Waals surface area contributed by atoms with E-state index in [1.54, 1.807) is 0 Å². The predicted octanol–water partition coefficient (Wildman–Crippen LogP) is 3.21. The van der Waals surface area contributed by atoms with Gasteiger partial charge in [-0.05, 0) is 50.1 Å². The van der Waals surface area contributed by atoms with Crippen LogP contribution in [0.15, 0.2) is 22.5 Å². The van der Waals surface area contributed by atoms with E-state index in [9.17, 15) is 5.11 Å². The molecule has 2 atom stereocenters. The lowest BCUT2D eigenvalue weighted by molar-refractivity contribution is 0.00715. The van der Waals surface area contributed by atoms with Gasteiger partial charge in [-0.15, -0.1) is 11.3 Å². The minimum atomic E-state index is -0.225. The molecule has 0 radical (unpaired) electrons. The van der Waals surface area contributed by atoms with Gasteiger partial charge < -0.3 is 20.6 Å². The lowest BCUT2D eigenvalue weighted by atomic mass is 9.73. The van der Waals surface area contributed by atoms with E-state index < -0.39 is 0 Å². The van der Waals surface area contributed by atoms with Gasteiger partial charge in [-0.1, -0.05) is 19.8 Å². The van der Waals surface area contributed by atoms with Crippen LogP contribution in [0.4, 0.5) is 5.00 Å². The highest BCUT2D eigenvalue weighted by Gasteiger charge is 2.35. The van der Waals surface area contributed by atoms with Crippen molar-refractivity contribution >= 4 is 22.3 Å². The van der Waals surface area contributed by atoms with Crippen molar-refractivity contribution in [3.05, 3.63) is 17.5 Å². The van der Waals surface area contributed by atoms with E-state index in [4.69, 9.17) is 4.99 Å². The van der Waals surface area contributed by atoms with Crippen molar-refractivity contribution in [2.45, 2.75) is 64.5 Å². The number of thiophene rings is 1. The number of hydrogen-bond acceptors (Lipinski definition) is 4. The van der Waals surface area contributed by atoms with Gasteiger partial charge in [0.15, 0.2) is 5.96 Å². The molecule has 0 amide bonds. The number of piperidine rings is 1. The third-order valence-electron chi connectivity index (χ3n) is 5.88. The molecular formula is C20H34N4OS. The number of guanidine groups is 1. The van der Waals surface area contributed by atoms with Crippen molar-refractivity contribution in [3.63, 3.8) is 0 Å². The van der Waals surface area contributed by atoms with Crippen molar-refractivity contribution < 1.29 is 5.11 Å². The summed E-state index contributed by atoms with van der Waals surface area (Å²) in [6.07, 6.45) is 6.35. The first kappa shape index (κ1) is 19.5. The van der Waals surface area contributed by atoms with Crippen molar-refractivity contribution in [2.75, 3.05) is 31.1 Å². The summed E-state index contributed by atoms with van der Waals surface area (Å²) in [5.74, 6) is 0.904. The number of hydrogen-bond donors (Lipinski definition) is 3. The number of aliphatic hydroxyl groups excluding tert-OH is 1. The fourth-order valence-corrected chi connectivity index (χ4v) is 4.82. The lowest BCUT2D eigenvalue weighted by Crippen LogP contribution is -2.49. The number of aliphatic hydroxyl groups is 1. The number of nitrogens with one attached hydrogen (secondary N) is 2. The molecule has 1 saturated heterocycles. The molecule has 146 valence electrons. The van der Waals surface area contributed by atoms with Gasteiger partial charge in [0.25, 0.3) is 0 Å². The molecule has 0 aromatic carbocycles. The third-order valence-corrected chi connectivity index (χ3v) is 6.81. The van der Waals surface area contributed by atoms with E-state index in [1.807, 2.05) is 11.3 Å². The second-order valence-electron chi connectivity index (χ2n) is 7.97. The zero-order valence-electron chi connectivity index (χ0n) is 16.2. The van der Waals surface area contributed by atoms with Gasteiger partial charge >= 0.3 is 0 Å². The van der Waals surface area contributed by atoms with Gasteiger partial charge in [0.05, 0.1) is 17.6 Å². The van der Waals surface area contributed by atoms with Gasteiger partial charge in [-0.3, -0.25) is 4.99 Å². The highest BCUT2D eigenvalue weighted by Crippen LogP contribution is 2.36. The number of aliphatic imine (C=N–C) groups is 1. The van der Waals surface area contributed by atoms with Gasteiger partial charge in [-0.25, -0.2) is 0 Å². The molecule has 5 nitrogen and oxygen atoms in total. The Bertz CT molecular complexity index is 568. The summed E-state index contributed by atoms with van der Waals surface area (Å²) in [5.41, 5.74) is -0.0802. The maximum Gasteiger partial charge on any atom is 0.191 e. The van der Waals surface area contributed by atoms with Gasteiger partial charge in [-0.2, -0.15) is 0 Å². The molecular weight excluding hydrogens is 344 g/mol. The van der Waals surface area contributed by atoms with Crippen molar-refractivity contribution in [1.29, 1.82) is 0 Å². The molecule has 1 aromatic rings. The first-order valence-corrected chi connectivity index (χ1v) is 11.0. The zero-order chi connectivity index (χ0) is 18.4. The first-order chi connectivity index (χ1) is 12.6. The van der Waals surface area contributed by atoms with E-state index >= 15 is 0 Å². The van der Waals surface area contributed by atoms with Crippen LogP contribution in [0.2, 0.25) is 0 Å². The highest BCUT2D eigenvalue weighted by molar-refractivity contribution is 7.14. The zero-order valence-corrected chi connectivity index (χ0v) is 17.0. The molecule has 2 fully saturated rings. The quantitative estimate of drug-likeness (QED) is 0.544. The van der Waals surface area contributed by atoms with Crippen LogP contribution in [0.1, 0.15) is 52.4 Å². The van der Waals surface area contributed by atoms with Gasteiger partial charge in [0, 0.05) is 31.1 Å². The van der Waals surface area contributed by atoms with E-state index in [0.717, 1.165) is 57.7 Å². The molecule has 2 heterocycles. The van der Waals surface area contributed by atoms with Crippen LogP contribution in [0.5, 0.6) is 0 Å². The fraction of sp³-hybridized carbons (Fsp3) is 0.750. The molecule has 2 aliphatic rings. The molecule has 2 unspecified atom stereocenters. The lowest BCUT2D eigenvalue weighted by Gasteiger charge is -2.37. The molecule has 1 aliphatic heterocycles. The molecule has 6 heteroatoms.